The van der Waals surface area contributed by atoms with Crippen molar-refractivity contribution in [2.75, 3.05) is 16.8 Å². The predicted molar refractivity (Wildman–Crippen MR) is 119 cm³/mol. The zero-order chi connectivity index (χ0) is 21.9. The van der Waals surface area contributed by atoms with Gasteiger partial charge in [0.15, 0.2) is 5.82 Å². The Labute approximate surface area is 188 Å². The molecule has 2 aliphatic rings. The lowest BCUT2D eigenvalue weighted by molar-refractivity contribution is -0.126. The van der Waals surface area contributed by atoms with E-state index in [2.05, 4.69) is 15.6 Å². The van der Waals surface area contributed by atoms with Gasteiger partial charge in [-0.2, -0.15) is 0 Å². The summed E-state index contributed by atoms with van der Waals surface area (Å²) in [5, 5.41) is 12.8. The Kier molecular flexibility index (Phi) is 4.57. The van der Waals surface area contributed by atoms with Gasteiger partial charge in [0.1, 0.15) is 11.1 Å². The highest BCUT2D eigenvalue weighted by Crippen LogP contribution is 2.52. The van der Waals surface area contributed by atoms with Gasteiger partial charge in [-0.05, 0) is 55.3 Å². The summed E-state index contributed by atoms with van der Waals surface area (Å²) in [6.07, 6.45) is -0.0449. The fourth-order valence-electron chi connectivity index (χ4n) is 4.61. The molecule has 2 atom stereocenters. The van der Waals surface area contributed by atoms with Gasteiger partial charge in [-0.15, -0.1) is 5.10 Å². The number of fused-ring (bicyclic) bond motifs is 4. The number of rotatable bonds is 3. The first-order valence-corrected chi connectivity index (χ1v) is 10.8. The fraction of sp³-hybridized carbons (Fsp3) is 0.273. The summed E-state index contributed by atoms with van der Waals surface area (Å²) < 4.78 is 1.64. The van der Waals surface area contributed by atoms with Gasteiger partial charge in [0.25, 0.3) is 0 Å². The number of benzene rings is 2. The first-order valence-electron chi connectivity index (χ1n) is 9.99. The molecule has 1 spiro atoms. The van der Waals surface area contributed by atoms with Crippen molar-refractivity contribution in [2.45, 2.75) is 31.7 Å². The molecule has 3 aromatic rings. The number of hydrogen-bond acceptors (Lipinski definition) is 4. The van der Waals surface area contributed by atoms with Crippen LogP contribution < -0.4 is 10.2 Å². The zero-order valence-electron chi connectivity index (χ0n) is 16.9. The zero-order valence-corrected chi connectivity index (χ0v) is 18.4. The third-order valence-electron chi connectivity index (χ3n) is 6.14. The third kappa shape index (κ3) is 2.80. The first kappa shape index (κ1) is 20.0. The van der Waals surface area contributed by atoms with E-state index in [1.54, 1.807) is 33.8 Å². The molecule has 2 aromatic carbocycles. The van der Waals surface area contributed by atoms with Gasteiger partial charge >= 0.3 is 0 Å². The minimum absolute atomic E-state index is 0.0449. The summed E-state index contributed by atoms with van der Waals surface area (Å²) in [6.45, 7) is 4.32. The maximum absolute atomic E-state index is 13.7. The molecule has 0 fully saturated rings. The number of anilines is 2. The Hall–Kier alpha value is -2.90. The quantitative estimate of drug-likeness (QED) is 0.641. The SMILES string of the molecule is CCN1C(=O)[C@]2(CC(=O)Nc3c2nnn3[C@@H](C)c2ccc(Cl)cc2)c2cc(Cl)ccc21. The fourth-order valence-corrected chi connectivity index (χ4v) is 4.90. The molecular formula is C22H19Cl2N5O2. The summed E-state index contributed by atoms with van der Waals surface area (Å²) >= 11 is 12.3. The highest BCUT2D eigenvalue weighted by Gasteiger charge is 2.58. The number of nitrogens with zero attached hydrogens (tertiary/aromatic N) is 4. The molecule has 0 aliphatic carbocycles. The van der Waals surface area contributed by atoms with Gasteiger partial charge in [-0.1, -0.05) is 40.5 Å². The van der Waals surface area contributed by atoms with Crippen molar-refractivity contribution >= 4 is 46.5 Å². The Morgan fingerprint density at radius 3 is 2.55 bits per heavy atom. The minimum Gasteiger partial charge on any atom is -0.311 e. The lowest BCUT2D eigenvalue weighted by Gasteiger charge is -2.31. The van der Waals surface area contributed by atoms with Gasteiger partial charge in [0.2, 0.25) is 11.8 Å². The second kappa shape index (κ2) is 7.07. The van der Waals surface area contributed by atoms with Crippen LogP contribution in [0.4, 0.5) is 11.5 Å². The van der Waals surface area contributed by atoms with Crippen molar-refractivity contribution in [3.63, 3.8) is 0 Å². The number of amides is 2. The lowest BCUT2D eigenvalue weighted by atomic mass is 9.73. The monoisotopic (exact) mass is 455 g/mol. The number of carbonyl (C=O) groups excluding carboxylic acids is 2. The van der Waals surface area contributed by atoms with Crippen molar-refractivity contribution in [3.8, 4) is 0 Å². The largest absolute Gasteiger partial charge is 0.311 e. The molecule has 1 N–H and O–H groups in total. The topological polar surface area (TPSA) is 80.1 Å². The molecule has 158 valence electrons. The third-order valence-corrected chi connectivity index (χ3v) is 6.62. The number of halogens is 2. The molecule has 2 aliphatic heterocycles. The molecule has 1 aromatic heterocycles. The summed E-state index contributed by atoms with van der Waals surface area (Å²) in [4.78, 5) is 28.2. The van der Waals surface area contributed by atoms with E-state index in [0.717, 1.165) is 11.3 Å². The summed E-state index contributed by atoms with van der Waals surface area (Å²) in [5.41, 5.74) is 1.58. The van der Waals surface area contributed by atoms with Crippen molar-refractivity contribution < 1.29 is 9.59 Å². The van der Waals surface area contributed by atoms with Crippen molar-refractivity contribution in [3.05, 3.63) is 69.3 Å². The molecular weight excluding hydrogens is 437 g/mol. The van der Waals surface area contributed by atoms with Crippen molar-refractivity contribution in [2.24, 2.45) is 0 Å². The van der Waals surface area contributed by atoms with Crippen LogP contribution >= 0.6 is 23.2 Å². The summed E-state index contributed by atoms with van der Waals surface area (Å²) in [6, 6.07) is 12.5. The van der Waals surface area contributed by atoms with Gasteiger partial charge in [0, 0.05) is 22.3 Å². The smallest absolute Gasteiger partial charge is 0.244 e. The maximum atomic E-state index is 13.7. The van der Waals surface area contributed by atoms with Crippen LogP contribution in [0.3, 0.4) is 0 Å². The molecule has 0 saturated heterocycles. The van der Waals surface area contributed by atoms with Crippen LogP contribution in [0.2, 0.25) is 10.0 Å². The highest BCUT2D eigenvalue weighted by atomic mass is 35.5. The molecule has 0 radical (unpaired) electrons. The van der Waals surface area contributed by atoms with Crippen LogP contribution in [0.1, 0.15) is 43.1 Å². The van der Waals surface area contributed by atoms with Gasteiger partial charge in [0.05, 0.1) is 12.5 Å². The van der Waals surface area contributed by atoms with E-state index in [1.165, 1.54) is 0 Å². The van der Waals surface area contributed by atoms with E-state index in [4.69, 9.17) is 23.2 Å². The Morgan fingerprint density at radius 2 is 1.84 bits per heavy atom. The second-order valence-electron chi connectivity index (χ2n) is 7.80. The molecule has 31 heavy (non-hydrogen) atoms. The van der Waals surface area contributed by atoms with Crippen LogP contribution in [0.15, 0.2) is 42.5 Å². The van der Waals surface area contributed by atoms with Crippen LogP contribution in [0.5, 0.6) is 0 Å². The Balaban J connectivity index is 1.70. The number of aromatic nitrogens is 3. The van der Waals surface area contributed by atoms with E-state index in [0.29, 0.717) is 33.7 Å². The van der Waals surface area contributed by atoms with Crippen molar-refractivity contribution in [1.29, 1.82) is 0 Å². The van der Waals surface area contributed by atoms with Gasteiger partial charge in [-0.3, -0.25) is 9.59 Å². The molecule has 9 heteroatoms. The molecule has 3 heterocycles. The minimum atomic E-state index is -1.24. The molecule has 2 amide bonds. The first-order chi connectivity index (χ1) is 14.9. The second-order valence-corrected chi connectivity index (χ2v) is 8.67. The molecule has 0 bridgehead atoms. The molecule has 5 rings (SSSR count). The predicted octanol–water partition coefficient (Wildman–Crippen LogP) is 4.19. The average Bonchev–Trinajstić information content (AvgIpc) is 3.26. The van der Waals surface area contributed by atoms with Gasteiger partial charge in [-0.25, -0.2) is 4.68 Å². The number of likely N-dealkylation sites (N-methyl/N-ethyl adjacent to an activating group) is 1. The maximum Gasteiger partial charge on any atom is 0.244 e. The standard InChI is InChI=1S/C22H19Cl2N5O2/c1-3-28-17-9-8-15(24)10-16(17)22(21(28)31)11-18(30)25-20-19(22)26-27-29(20)12(2)13-4-6-14(23)7-5-13/h4-10,12H,3,11H2,1-2H3,(H,25,30)/t12-,22+/m0/s1. The number of nitrogens with one attached hydrogen (secondary N) is 1. The molecule has 0 unspecified atom stereocenters. The van der Waals surface area contributed by atoms with Gasteiger partial charge < -0.3 is 10.2 Å². The normalized spacial score (nSPS) is 20.6. The lowest BCUT2D eigenvalue weighted by Crippen LogP contribution is -2.47. The van der Waals surface area contributed by atoms with E-state index in [1.807, 2.05) is 32.0 Å². The summed E-state index contributed by atoms with van der Waals surface area (Å²) in [5.74, 6) is -0.0259. The Morgan fingerprint density at radius 1 is 1.13 bits per heavy atom. The Bertz CT molecular complexity index is 1220. The van der Waals surface area contributed by atoms with Crippen LogP contribution in [-0.4, -0.2) is 33.4 Å². The van der Waals surface area contributed by atoms with E-state index in [-0.39, 0.29) is 24.3 Å². The molecule has 7 nitrogen and oxygen atoms in total. The van der Waals surface area contributed by atoms with E-state index < -0.39 is 5.41 Å². The van der Waals surface area contributed by atoms with Crippen LogP contribution in [0.25, 0.3) is 0 Å². The summed E-state index contributed by atoms with van der Waals surface area (Å²) in [7, 11) is 0. The number of carbonyl (C=O) groups is 2. The van der Waals surface area contributed by atoms with Crippen LogP contribution in [-0.2, 0) is 15.0 Å². The van der Waals surface area contributed by atoms with E-state index >= 15 is 0 Å². The average molecular weight is 456 g/mol. The van der Waals surface area contributed by atoms with Crippen LogP contribution in [0, 0.1) is 0 Å². The highest BCUT2D eigenvalue weighted by molar-refractivity contribution is 6.31. The number of hydrogen-bond donors (Lipinski definition) is 1. The van der Waals surface area contributed by atoms with E-state index in [9.17, 15) is 9.59 Å². The molecule has 0 saturated carbocycles. The van der Waals surface area contributed by atoms with Crippen molar-refractivity contribution in [1.82, 2.24) is 15.0 Å².